The number of piperidine rings is 1. The monoisotopic (exact) mass is 217 g/mol. The minimum absolute atomic E-state index is 0.0363. The van der Waals surface area contributed by atoms with E-state index in [0.717, 1.165) is 25.4 Å². The Morgan fingerprint density at radius 2 is 1.94 bits per heavy atom. The van der Waals surface area contributed by atoms with E-state index in [1.54, 1.807) is 0 Å². The standard InChI is InChI=1S/C14H19NO/c16-14-7-12-6-13(14)10-15(9-12)8-11-4-2-1-3-5-11/h1-5,12-14,16H,6-10H2/t12-,13+,14+/m1/s1. The quantitative estimate of drug-likeness (QED) is 0.817. The van der Waals surface area contributed by atoms with Crippen molar-refractivity contribution in [2.45, 2.75) is 25.5 Å². The predicted octanol–water partition coefficient (Wildman–Crippen LogP) is 1.89. The van der Waals surface area contributed by atoms with E-state index in [0.29, 0.717) is 5.92 Å². The van der Waals surface area contributed by atoms with E-state index < -0.39 is 0 Å². The lowest BCUT2D eigenvalue weighted by Crippen LogP contribution is -2.37. The number of rotatable bonds is 2. The molecular weight excluding hydrogens is 198 g/mol. The van der Waals surface area contributed by atoms with Crippen LogP contribution in [0.4, 0.5) is 0 Å². The molecule has 1 aliphatic carbocycles. The minimum atomic E-state index is -0.0363. The molecule has 1 aromatic carbocycles. The summed E-state index contributed by atoms with van der Waals surface area (Å²) in [5, 5.41) is 9.86. The van der Waals surface area contributed by atoms with Crippen LogP contribution >= 0.6 is 0 Å². The molecule has 2 aliphatic rings. The summed E-state index contributed by atoms with van der Waals surface area (Å²) in [6, 6.07) is 10.6. The molecular formula is C14H19NO. The van der Waals surface area contributed by atoms with Crippen LogP contribution in [-0.4, -0.2) is 29.2 Å². The first-order chi connectivity index (χ1) is 7.81. The maximum atomic E-state index is 9.86. The Hall–Kier alpha value is -0.860. The lowest BCUT2D eigenvalue weighted by Gasteiger charge is -2.31. The summed E-state index contributed by atoms with van der Waals surface area (Å²) in [5.41, 5.74) is 1.39. The predicted molar refractivity (Wildman–Crippen MR) is 63.9 cm³/mol. The van der Waals surface area contributed by atoms with Crippen molar-refractivity contribution in [2.75, 3.05) is 13.1 Å². The van der Waals surface area contributed by atoms with E-state index >= 15 is 0 Å². The van der Waals surface area contributed by atoms with Crippen LogP contribution in [0, 0.1) is 11.8 Å². The molecule has 2 nitrogen and oxygen atoms in total. The molecule has 0 radical (unpaired) electrons. The lowest BCUT2D eigenvalue weighted by atomic mass is 9.98. The molecule has 3 atom stereocenters. The summed E-state index contributed by atoms with van der Waals surface area (Å²) < 4.78 is 0. The Morgan fingerprint density at radius 1 is 1.12 bits per heavy atom. The van der Waals surface area contributed by atoms with Crippen molar-refractivity contribution < 1.29 is 5.11 Å². The molecule has 1 heterocycles. The van der Waals surface area contributed by atoms with Gasteiger partial charge in [0.1, 0.15) is 0 Å². The summed E-state index contributed by atoms with van der Waals surface area (Å²) in [5.74, 6) is 1.26. The van der Waals surface area contributed by atoms with Crippen molar-refractivity contribution >= 4 is 0 Å². The SMILES string of the molecule is O[C@H]1C[C@H]2C[C@H]1CN(Cc1ccccc1)C2. The van der Waals surface area contributed by atoms with Gasteiger partial charge in [-0.15, -0.1) is 0 Å². The highest BCUT2D eigenvalue weighted by atomic mass is 16.3. The smallest absolute Gasteiger partial charge is 0.0583 e. The molecule has 0 spiro atoms. The van der Waals surface area contributed by atoms with E-state index in [1.807, 2.05) is 0 Å². The van der Waals surface area contributed by atoms with Crippen LogP contribution in [0.5, 0.6) is 0 Å². The molecule has 16 heavy (non-hydrogen) atoms. The third-order valence-electron chi connectivity index (χ3n) is 4.01. The Labute approximate surface area is 96.9 Å². The van der Waals surface area contributed by atoms with Gasteiger partial charge >= 0.3 is 0 Å². The van der Waals surface area contributed by atoms with Gasteiger partial charge in [-0.2, -0.15) is 0 Å². The first-order valence-electron chi connectivity index (χ1n) is 6.25. The van der Waals surface area contributed by atoms with E-state index in [-0.39, 0.29) is 6.10 Å². The fraction of sp³-hybridized carbons (Fsp3) is 0.571. The number of fused-ring (bicyclic) bond motifs is 2. The molecule has 0 amide bonds. The summed E-state index contributed by atoms with van der Waals surface area (Å²) in [6.45, 7) is 3.29. The molecule has 86 valence electrons. The largest absolute Gasteiger partial charge is 0.393 e. The second kappa shape index (κ2) is 4.19. The van der Waals surface area contributed by atoms with Gasteiger partial charge < -0.3 is 5.11 Å². The molecule has 0 aromatic heterocycles. The van der Waals surface area contributed by atoms with Crippen LogP contribution in [0.3, 0.4) is 0 Å². The summed E-state index contributed by atoms with van der Waals surface area (Å²) in [6.07, 6.45) is 2.23. The molecule has 1 N–H and O–H groups in total. The van der Waals surface area contributed by atoms with Crippen molar-refractivity contribution in [2.24, 2.45) is 11.8 Å². The van der Waals surface area contributed by atoms with Gasteiger partial charge in [-0.3, -0.25) is 4.90 Å². The third kappa shape index (κ3) is 2.00. The second-order valence-electron chi connectivity index (χ2n) is 5.34. The van der Waals surface area contributed by atoms with E-state index in [4.69, 9.17) is 0 Å². The Balaban J connectivity index is 1.65. The number of aliphatic hydroxyl groups is 1. The van der Waals surface area contributed by atoms with Crippen LogP contribution in [0.25, 0.3) is 0 Å². The van der Waals surface area contributed by atoms with E-state index in [1.165, 1.54) is 18.5 Å². The Morgan fingerprint density at radius 3 is 2.69 bits per heavy atom. The molecule has 3 rings (SSSR count). The topological polar surface area (TPSA) is 23.5 Å². The average Bonchev–Trinajstić information content (AvgIpc) is 2.54. The maximum Gasteiger partial charge on any atom is 0.0583 e. The minimum Gasteiger partial charge on any atom is -0.393 e. The van der Waals surface area contributed by atoms with Crippen LogP contribution in [-0.2, 0) is 6.54 Å². The molecule has 2 fully saturated rings. The molecule has 1 saturated heterocycles. The molecule has 2 bridgehead atoms. The number of benzene rings is 1. The van der Waals surface area contributed by atoms with Gasteiger partial charge in [0, 0.05) is 19.6 Å². The molecule has 0 unspecified atom stereocenters. The number of hydrogen-bond donors (Lipinski definition) is 1. The molecule has 1 aromatic rings. The fourth-order valence-electron chi connectivity index (χ4n) is 3.30. The van der Waals surface area contributed by atoms with Crippen molar-refractivity contribution in [3.05, 3.63) is 35.9 Å². The zero-order chi connectivity index (χ0) is 11.0. The number of aliphatic hydroxyl groups excluding tert-OH is 1. The van der Waals surface area contributed by atoms with Gasteiger partial charge in [0.05, 0.1) is 6.10 Å². The second-order valence-corrected chi connectivity index (χ2v) is 5.34. The Bertz CT molecular complexity index is 349. The zero-order valence-electron chi connectivity index (χ0n) is 9.55. The molecule has 2 heteroatoms. The summed E-state index contributed by atoms with van der Waals surface area (Å²) in [7, 11) is 0. The average molecular weight is 217 g/mol. The lowest BCUT2D eigenvalue weighted by molar-refractivity contribution is 0.0994. The highest BCUT2D eigenvalue weighted by Gasteiger charge is 2.38. The van der Waals surface area contributed by atoms with Gasteiger partial charge in [-0.25, -0.2) is 0 Å². The number of likely N-dealkylation sites (tertiary alicyclic amines) is 1. The first-order valence-corrected chi connectivity index (χ1v) is 6.25. The zero-order valence-corrected chi connectivity index (χ0v) is 9.55. The molecule has 1 aliphatic heterocycles. The highest BCUT2D eigenvalue weighted by Crippen LogP contribution is 2.37. The Kier molecular flexibility index (Phi) is 2.70. The fourth-order valence-corrected chi connectivity index (χ4v) is 3.30. The van der Waals surface area contributed by atoms with Crippen LogP contribution < -0.4 is 0 Å². The van der Waals surface area contributed by atoms with Gasteiger partial charge in [-0.05, 0) is 30.2 Å². The van der Waals surface area contributed by atoms with Gasteiger partial charge in [-0.1, -0.05) is 30.3 Å². The summed E-state index contributed by atoms with van der Waals surface area (Å²) in [4.78, 5) is 2.50. The first kappa shape index (κ1) is 10.3. The molecule has 1 saturated carbocycles. The van der Waals surface area contributed by atoms with Crippen molar-refractivity contribution in [3.63, 3.8) is 0 Å². The van der Waals surface area contributed by atoms with Crippen LogP contribution in [0.2, 0.25) is 0 Å². The summed E-state index contributed by atoms with van der Waals surface area (Å²) >= 11 is 0. The van der Waals surface area contributed by atoms with Crippen molar-refractivity contribution in [3.8, 4) is 0 Å². The van der Waals surface area contributed by atoms with Gasteiger partial charge in [0.25, 0.3) is 0 Å². The van der Waals surface area contributed by atoms with Gasteiger partial charge in [0.15, 0.2) is 0 Å². The third-order valence-corrected chi connectivity index (χ3v) is 4.01. The van der Waals surface area contributed by atoms with Crippen LogP contribution in [0.15, 0.2) is 30.3 Å². The normalized spacial score (nSPS) is 34.2. The van der Waals surface area contributed by atoms with Crippen molar-refractivity contribution in [1.29, 1.82) is 0 Å². The van der Waals surface area contributed by atoms with E-state index in [9.17, 15) is 5.11 Å². The number of hydrogen-bond acceptors (Lipinski definition) is 2. The van der Waals surface area contributed by atoms with Crippen LogP contribution in [0.1, 0.15) is 18.4 Å². The van der Waals surface area contributed by atoms with Gasteiger partial charge in [0.2, 0.25) is 0 Å². The van der Waals surface area contributed by atoms with Crippen molar-refractivity contribution in [1.82, 2.24) is 4.90 Å². The highest BCUT2D eigenvalue weighted by molar-refractivity contribution is 5.14. The van der Waals surface area contributed by atoms with E-state index in [2.05, 4.69) is 35.2 Å². The number of nitrogens with zero attached hydrogens (tertiary/aromatic N) is 1. The maximum absolute atomic E-state index is 9.86.